The second-order valence-electron chi connectivity index (χ2n) is 6.34. The van der Waals surface area contributed by atoms with Gasteiger partial charge in [0, 0.05) is 18.8 Å². The Morgan fingerprint density at radius 2 is 1.92 bits per heavy atom. The van der Waals surface area contributed by atoms with Crippen LogP contribution in [0.2, 0.25) is 0 Å². The largest absolute Gasteiger partial charge is 0.460 e. The molecule has 6 heteroatoms. The smallest absolute Gasteiger partial charge is 0.312 e. The van der Waals surface area contributed by atoms with E-state index in [9.17, 15) is 14.0 Å². The Morgan fingerprint density at radius 1 is 1.15 bits per heavy atom. The monoisotopic (exact) mass is 353 g/mol. The van der Waals surface area contributed by atoms with Gasteiger partial charge in [-0.25, -0.2) is 4.39 Å². The van der Waals surface area contributed by atoms with E-state index in [1.54, 1.807) is 50.4 Å². The second-order valence-corrected chi connectivity index (χ2v) is 6.34. The van der Waals surface area contributed by atoms with Gasteiger partial charge >= 0.3 is 5.97 Å². The van der Waals surface area contributed by atoms with Crippen LogP contribution in [-0.2, 0) is 11.8 Å². The molecule has 0 aliphatic carbocycles. The number of carbonyl (C=O) groups excluding carboxylic acids is 1. The number of carbonyl (C=O) groups is 1. The number of pyridine rings is 1. The van der Waals surface area contributed by atoms with Gasteiger partial charge in [-0.15, -0.1) is 0 Å². The highest BCUT2D eigenvalue weighted by atomic mass is 19.1. The number of ether oxygens (including phenoxy) is 1. The first-order valence-electron chi connectivity index (χ1n) is 8.21. The van der Waals surface area contributed by atoms with Crippen LogP contribution in [0, 0.1) is 12.7 Å². The first kappa shape index (κ1) is 16.3. The Balaban J connectivity index is 1.84. The zero-order valence-corrected chi connectivity index (χ0v) is 14.3. The molecular weight excluding hydrogens is 337 g/mol. The number of hydrogen-bond acceptors (Lipinski definition) is 4. The van der Waals surface area contributed by atoms with Crippen molar-refractivity contribution in [2.75, 3.05) is 0 Å². The highest BCUT2D eigenvalue weighted by molar-refractivity contribution is 5.77. The number of halogens is 1. The molecule has 1 atom stereocenters. The van der Waals surface area contributed by atoms with Crippen molar-refractivity contribution in [3.63, 3.8) is 0 Å². The number of rotatable bonds is 2. The summed E-state index contributed by atoms with van der Waals surface area (Å²) in [4.78, 5) is 24.7. The van der Waals surface area contributed by atoms with Crippen LogP contribution in [0.1, 0.15) is 29.4 Å². The Bertz CT molecular complexity index is 1080. The summed E-state index contributed by atoms with van der Waals surface area (Å²) in [5, 5.41) is 0. The first-order chi connectivity index (χ1) is 12.5. The average molecular weight is 353 g/mol. The zero-order chi connectivity index (χ0) is 18.4. The number of nitrogens with zero attached hydrogens (tertiary/aromatic N) is 1. The molecule has 0 radical (unpaired) electrons. The minimum Gasteiger partial charge on any atom is -0.460 e. The van der Waals surface area contributed by atoms with Gasteiger partial charge in [0.15, 0.2) is 0 Å². The van der Waals surface area contributed by atoms with Crippen LogP contribution in [-0.4, -0.2) is 10.5 Å². The summed E-state index contributed by atoms with van der Waals surface area (Å²) in [5.74, 6) is -0.353. The molecule has 3 heterocycles. The Morgan fingerprint density at radius 3 is 2.69 bits per heavy atom. The molecule has 0 unspecified atom stereocenters. The summed E-state index contributed by atoms with van der Waals surface area (Å²) in [6.45, 7) is 1.77. The molecule has 1 aliphatic rings. The summed E-state index contributed by atoms with van der Waals surface area (Å²) >= 11 is 0. The molecular formula is C20H16FNO4. The molecule has 0 bridgehead atoms. The maximum absolute atomic E-state index is 14.0. The molecule has 0 amide bonds. The van der Waals surface area contributed by atoms with Crippen LogP contribution in [0.4, 0.5) is 4.39 Å². The summed E-state index contributed by atoms with van der Waals surface area (Å²) in [6.07, 6.45) is -0.00444. The zero-order valence-electron chi connectivity index (χ0n) is 14.3. The van der Waals surface area contributed by atoms with Crippen molar-refractivity contribution >= 4 is 5.97 Å². The topological polar surface area (TPSA) is 61.4 Å². The fourth-order valence-electron chi connectivity index (χ4n) is 3.24. The van der Waals surface area contributed by atoms with Crippen molar-refractivity contribution in [1.29, 1.82) is 0 Å². The van der Waals surface area contributed by atoms with Crippen LogP contribution in [0.15, 0.2) is 51.7 Å². The Hall–Kier alpha value is -3.15. The lowest BCUT2D eigenvalue weighted by Crippen LogP contribution is -2.31. The van der Waals surface area contributed by atoms with Crippen LogP contribution < -0.4 is 10.3 Å². The predicted molar refractivity (Wildman–Crippen MR) is 92.6 cm³/mol. The number of aryl methyl sites for hydroxylation is 1. The Labute approximate surface area is 148 Å². The summed E-state index contributed by atoms with van der Waals surface area (Å²) in [7, 11) is 1.67. The molecule has 0 saturated heterocycles. The average Bonchev–Trinajstić information content (AvgIpc) is 3.09. The molecule has 1 aliphatic heterocycles. The molecule has 0 spiro atoms. The molecule has 5 nitrogen and oxygen atoms in total. The van der Waals surface area contributed by atoms with Crippen LogP contribution in [0.3, 0.4) is 0 Å². The molecule has 4 rings (SSSR count). The summed E-state index contributed by atoms with van der Waals surface area (Å²) < 4.78 is 26.6. The van der Waals surface area contributed by atoms with Crippen LogP contribution in [0.25, 0.3) is 11.3 Å². The van der Waals surface area contributed by atoms with Crippen LogP contribution >= 0.6 is 0 Å². The molecule has 0 saturated carbocycles. The van der Waals surface area contributed by atoms with Crippen molar-refractivity contribution in [1.82, 2.24) is 4.57 Å². The molecule has 132 valence electrons. The van der Waals surface area contributed by atoms with Crippen molar-refractivity contribution in [2.24, 2.45) is 7.05 Å². The van der Waals surface area contributed by atoms with Gasteiger partial charge in [-0.3, -0.25) is 9.59 Å². The third-order valence-corrected chi connectivity index (χ3v) is 4.72. The highest BCUT2D eigenvalue weighted by Gasteiger charge is 2.34. The van der Waals surface area contributed by atoms with E-state index >= 15 is 0 Å². The van der Waals surface area contributed by atoms with Crippen LogP contribution in [0.5, 0.6) is 5.75 Å². The van der Waals surface area contributed by atoms with E-state index in [0.717, 1.165) is 0 Å². The van der Waals surface area contributed by atoms with E-state index in [2.05, 4.69) is 0 Å². The van der Waals surface area contributed by atoms with E-state index in [4.69, 9.17) is 9.15 Å². The molecule has 0 fully saturated rings. The third kappa shape index (κ3) is 2.54. The highest BCUT2D eigenvalue weighted by Crippen LogP contribution is 2.39. The quantitative estimate of drug-likeness (QED) is 0.661. The van der Waals surface area contributed by atoms with E-state index in [1.807, 2.05) is 0 Å². The van der Waals surface area contributed by atoms with Gasteiger partial charge in [-0.1, -0.05) is 12.1 Å². The van der Waals surface area contributed by atoms with E-state index in [-0.39, 0.29) is 17.7 Å². The molecule has 26 heavy (non-hydrogen) atoms. The van der Waals surface area contributed by atoms with Gasteiger partial charge in [-0.05, 0) is 31.2 Å². The second kappa shape index (κ2) is 5.98. The standard InChI is InChI=1S/C20H16FNO4/c1-11-9-17-19(20(24)22(11)2)13(10-18(23)26-17)16-8-7-15(25-16)12-5-3-4-6-14(12)21/h3-9,13H,10H2,1-2H3/t13-/m0/s1. The SMILES string of the molecule is Cc1cc2c(c(=O)n1C)[C@H](c1ccc(-c3ccccc3F)o1)CC(=O)O2. The van der Waals surface area contributed by atoms with Gasteiger partial charge in [-0.2, -0.15) is 0 Å². The predicted octanol–water partition coefficient (Wildman–Crippen LogP) is 3.53. The van der Waals surface area contributed by atoms with Crippen molar-refractivity contribution in [2.45, 2.75) is 19.3 Å². The molecule has 1 aromatic carbocycles. The lowest BCUT2D eigenvalue weighted by molar-refractivity contribution is -0.135. The lowest BCUT2D eigenvalue weighted by Gasteiger charge is -2.23. The lowest BCUT2D eigenvalue weighted by atomic mass is 9.91. The third-order valence-electron chi connectivity index (χ3n) is 4.72. The van der Waals surface area contributed by atoms with Gasteiger partial charge < -0.3 is 13.7 Å². The van der Waals surface area contributed by atoms with Gasteiger partial charge in [0.1, 0.15) is 23.1 Å². The maximum Gasteiger partial charge on any atom is 0.312 e. The molecule has 0 N–H and O–H groups in total. The fourth-order valence-corrected chi connectivity index (χ4v) is 3.24. The van der Waals surface area contributed by atoms with Gasteiger partial charge in [0.25, 0.3) is 5.56 Å². The number of esters is 1. The Kier molecular flexibility index (Phi) is 3.76. The van der Waals surface area contributed by atoms with Crippen molar-refractivity contribution in [3.05, 3.63) is 75.7 Å². The maximum atomic E-state index is 14.0. The number of hydrogen-bond donors (Lipinski definition) is 0. The normalized spacial score (nSPS) is 16.3. The van der Waals surface area contributed by atoms with Gasteiger partial charge in [0.05, 0.1) is 23.5 Å². The number of fused-ring (bicyclic) bond motifs is 1. The number of benzene rings is 1. The first-order valence-corrected chi connectivity index (χ1v) is 8.21. The molecule has 3 aromatic rings. The molecule has 2 aromatic heterocycles. The number of aromatic nitrogens is 1. The minimum absolute atomic E-state index is 0.00444. The van der Waals surface area contributed by atoms with E-state index in [0.29, 0.717) is 28.3 Å². The fraction of sp³-hybridized carbons (Fsp3) is 0.200. The van der Waals surface area contributed by atoms with Crippen molar-refractivity contribution in [3.8, 4) is 17.1 Å². The van der Waals surface area contributed by atoms with E-state index in [1.165, 1.54) is 10.6 Å². The summed E-state index contributed by atoms with van der Waals surface area (Å²) in [5.41, 5.74) is 1.16. The minimum atomic E-state index is -0.564. The number of furan rings is 1. The van der Waals surface area contributed by atoms with Gasteiger partial charge in [0.2, 0.25) is 0 Å². The van der Waals surface area contributed by atoms with E-state index < -0.39 is 17.7 Å². The van der Waals surface area contributed by atoms with Crippen molar-refractivity contribution < 1.29 is 18.3 Å². The summed E-state index contributed by atoms with van der Waals surface area (Å²) in [6, 6.07) is 11.3.